The fourth-order valence-corrected chi connectivity index (χ4v) is 3.42. The molecule has 1 fully saturated rings. The first kappa shape index (κ1) is 27.6. The third kappa shape index (κ3) is 7.98. The molecule has 2 aromatic rings. The Morgan fingerprint density at radius 1 is 1.05 bits per heavy atom. The second-order valence-electron chi connectivity index (χ2n) is 10.0. The van der Waals surface area contributed by atoms with Gasteiger partial charge in [-0.1, -0.05) is 13.8 Å². The first-order chi connectivity index (χ1) is 17.4. The number of piperazine rings is 1. The second kappa shape index (κ2) is 11.8. The summed E-state index contributed by atoms with van der Waals surface area (Å²) in [6, 6.07) is -0.750. The summed E-state index contributed by atoms with van der Waals surface area (Å²) in [5.41, 5.74) is 0.0482. The minimum absolute atomic E-state index is 0.0454. The Labute approximate surface area is 215 Å². The van der Waals surface area contributed by atoms with Gasteiger partial charge in [0, 0.05) is 50.0 Å². The van der Waals surface area contributed by atoms with Crippen LogP contribution in [0.4, 0.5) is 16.7 Å². The van der Waals surface area contributed by atoms with Crippen molar-refractivity contribution in [3.63, 3.8) is 0 Å². The first-order valence-corrected chi connectivity index (χ1v) is 11.9. The van der Waals surface area contributed by atoms with Gasteiger partial charge in [-0.3, -0.25) is 0 Å². The summed E-state index contributed by atoms with van der Waals surface area (Å²) < 4.78 is 10.7. The van der Waals surface area contributed by atoms with E-state index in [2.05, 4.69) is 25.3 Å². The lowest BCUT2D eigenvalue weighted by Gasteiger charge is -2.40. The van der Waals surface area contributed by atoms with E-state index in [0.717, 1.165) is 0 Å². The van der Waals surface area contributed by atoms with Crippen LogP contribution >= 0.6 is 0 Å². The lowest BCUT2D eigenvalue weighted by Crippen LogP contribution is -2.58. The molecule has 0 radical (unpaired) electrons. The molecule has 200 valence electrons. The van der Waals surface area contributed by atoms with E-state index in [1.165, 1.54) is 12.4 Å². The van der Waals surface area contributed by atoms with Gasteiger partial charge in [-0.15, -0.1) is 0 Å². The number of alkyl carbamates (subject to hydrolysis) is 1. The molecule has 1 atom stereocenters. The normalized spacial score (nSPS) is 15.9. The molecule has 0 aliphatic carbocycles. The van der Waals surface area contributed by atoms with E-state index in [-0.39, 0.29) is 37.1 Å². The lowest BCUT2D eigenvalue weighted by atomic mass is 10.1. The van der Waals surface area contributed by atoms with E-state index in [1.54, 1.807) is 38.1 Å². The molecule has 1 aliphatic rings. The van der Waals surface area contributed by atoms with Crippen LogP contribution < -0.4 is 15.1 Å². The first-order valence-electron chi connectivity index (χ1n) is 11.9. The molecule has 1 amide bonds. The maximum atomic E-state index is 13.0. The minimum Gasteiger partial charge on any atom is -0.478 e. The van der Waals surface area contributed by atoms with Crippen LogP contribution in [0.15, 0.2) is 24.8 Å². The number of carbonyl (C=O) groups excluding carboxylic acids is 2. The van der Waals surface area contributed by atoms with Crippen LogP contribution in [0.1, 0.15) is 50.5 Å². The summed E-state index contributed by atoms with van der Waals surface area (Å²) in [4.78, 5) is 56.7. The van der Waals surface area contributed by atoms with Crippen molar-refractivity contribution < 1.29 is 29.0 Å². The standard InChI is InChI=1S/C24H33N7O6/c1-15(2)14-36-20(34)18-13-30(6-7-31(18)22-27-11-17(12-28-22)19(32)33)21-25-8-16(9-26-21)10-29-23(35)37-24(3,4)5/h8-9,11-12,15,18H,6-7,10,13-14H2,1-5H3,(H,29,35)(H,32,33)/t18-/m0/s1. The van der Waals surface area contributed by atoms with Gasteiger partial charge < -0.3 is 29.7 Å². The molecule has 0 spiro atoms. The van der Waals surface area contributed by atoms with Crippen LogP contribution in [0.5, 0.6) is 0 Å². The van der Waals surface area contributed by atoms with E-state index >= 15 is 0 Å². The summed E-state index contributed by atoms with van der Waals surface area (Å²) in [7, 11) is 0. The van der Waals surface area contributed by atoms with Gasteiger partial charge in [0.2, 0.25) is 11.9 Å². The number of hydrogen-bond donors (Lipinski definition) is 2. The molecule has 13 nitrogen and oxygen atoms in total. The Hall–Kier alpha value is -4.03. The molecular formula is C24H33N7O6. The highest BCUT2D eigenvalue weighted by Crippen LogP contribution is 2.21. The smallest absolute Gasteiger partial charge is 0.407 e. The van der Waals surface area contributed by atoms with Crippen LogP contribution in [-0.2, 0) is 20.8 Å². The van der Waals surface area contributed by atoms with Crippen molar-refractivity contribution in [1.82, 2.24) is 25.3 Å². The van der Waals surface area contributed by atoms with Gasteiger partial charge in [-0.2, -0.15) is 0 Å². The van der Waals surface area contributed by atoms with Crippen molar-refractivity contribution in [3.05, 3.63) is 35.9 Å². The van der Waals surface area contributed by atoms with Gasteiger partial charge in [0.05, 0.1) is 18.7 Å². The van der Waals surface area contributed by atoms with Gasteiger partial charge in [0.15, 0.2) is 0 Å². The number of carboxylic acids is 1. The second-order valence-corrected chi connectivity index (χ2v) is 10.0. The lowest BCUT2D eigenvalue weighted by molar-refractivity contribution is -0.146. The molecule has 0 bridgehead atoms. The maximum absolute atomic E-state index is 13.0. The highest BCUT2D eigenvalue weighted by Gasteiger charge is 2.36. The molecular weight excluding hydrogens is 482 g/mol. The Morgan fingerprint density at radius 3 is 2.24 bits per heavy atom. The maximum Gasteiger partial charge on any atom is 0.407 e. The SMILES string of the molecule is CC(C)COC(=O)[C@@H]1CN(c2ncc(CNC(=O)OC(C)(C)C)cn2)CCN1c1ncc(C(=O)O)cn1. The number of aromatic nitrogens is 4. The van der Waals surface area contributed by atoms with E-state index < -0.39 is 29.7 Å². The van der Waals surface area contributed by atoms with E-state index in [1.807, 2.05) is 18.7 Å². The zero-order chi connectivity index (χ0) is 27.2. The summed E-state index contributed by atoms with van der Waals surface area (Å²) in [6.45, 7) is 10.8. The van der Waals surface area contributed by atoms with E-state index in [0.29, 0.717) is 24.6 Å². The highest BCUT2D eigenvalue weighted by molar-refractivity contribution is 5.87. The van der Waals surface area contributed by atoms with Crippen LogP contribution in [-0.4, -0.2) is 81.0 Å². The minimum atomic E-state index is -1.13. The monoisotopic (exact) mass is 515 g/mol. The molecule has 13 heteroatoms. The van der Waals surface area contributed by atoms with Crippen molar-refractivity contribution in [1.29, 1.82) is 0 Å². The molecule has 0 unspecified atom stereocenters. The van der Waals surface area contributed by atoms with Gasteiger partial charge in [-0.25, -0.2) is 34.3 Å². The average Bonchev–Trinajstić information content (AvgIpc) is 2.85. The van der Waals surface area contributed by atoms with Crippen LogP contribution in [0.2, 0.25) is 0 Å². The molecule has 0 saturated carbocycles. The van der Waals surface area contributed by atoms with Crippen LogP contribution in [0, 0.1) is 5.92 Å². The summed E-state index contributed by atoms with van der Waals surface area (Å²) in [6.07, 6.45) is 5.09. The fourth-order valence-electron chi connectivity index (χ4n) is 3.42. The number of amides is 1. The number of rotatable bonds is 8. The summed E-state index contributed by atoms with van der Waals surface area (Å²) in [5, 5.41) is 11.8. The average molecular weight is 516 g/mol. The number of esters is 1. The zero-order valence-electron chi connectivity index (χ0n) is 21.7. The molecule has 3 heterocycles. The van der Waals surface area contributed by atoms with Gasteiger partial charge >= 0.3 is 18.0 Å². The molecule has 1 saturated heterocycles. The Bertz CT molecular complexity index is 1090. The van der Waals surface area contributed by atoms with Gasteiger partial charge in [0.25, 0.3) is 0 Å². The molecule has 1 aliphatic heterocycles. The predicted octanol–water partition coefficient (Wildman–Crippen LogP) is 1.88. The number of nitrogens with one attached hydrogen (secondary N) is 1. The van der Waals surface area contributed by atoms with Crippen molar-refractivity contribution >= 4 is 29.9 Å². The van der Waals surface area contributed by atoms with Gasteiger partial charge in [0.1, 0.15) is 11.6 Å². The number of carbonyl (C=O) groups is 3. The Kier molecular flexibility index (Phi) is 8.79. The third-order valence-corrected chi connectivity index (χ3v) is 5.16. The predicted molar refractivity (Wildman–Crippen MR) is 133 cm³/mol. The number of aromatic carboxylic acids is 1. The summed E-state index contributed by atoms with van der Waals surface area (Å²) in [5.74, 6) is -0.757. The highest BCUT2D eigenvalue weighted by atomic mass is 16.6. The van der Waals surface area contributed by atoms with Crippen LogP contribution in [0.3, 0.4) is 0 Å². The summed E-state index contributed by atoms with van der Waals surface area (Å²) >= 11 is 0. The zero-order valence-corrected chi connectivity index (χ0v) is 21.7. The third-order valence-electron chi connectivity index (χ3n) is 5.16. The number of ether oxygens (including phenoxy) is 2. The van der Waals surface area contributed by atoms with Gasteiger partial charge in [-0.05, 0) is 26.7 Å². The molecule has 37 heavy (non-hydrogen) atoms. The molecule has 0 aromatic carbocycles. The quantitative estimate of drug-likeness (QED) is 0.492. The molecule has 2 N–H and O–H groups in total. The van der Waals surface area contributed by atoms with Crippen molar-refractivity contribution in [2.45, 2.75) is 52.8 Å². The Morgan fingerprint density at radius 2 is 1.68 bits per heavy atom. The molecule has 2 aromatic heterocycles. The number of hydrogen-bond acceptors (Lipinski definition) is 11. The largest absolute Gasteiger partial charge is 0.478 e. The van der Waals surface area contributed by atoms with Crippen molar-refractivity contribution in [2.24, 2.45) is 5.92 Å². The van der Waals surface area contributed by atoms with Crippen molar-refractivity contribution in [2.75, 3.05) is 36.0 Å². The van der Waals surface area contributed by atoms with Crippen molar-refractivity contribution in [3.8, 4) is 0 Å². The number of nitrogens with zero attached hydrogens (tertiary/aromatic N) is 6. The topological polar surface area (TPSA) is 160 Å². The number of carboxylic acid groups (broad SMARTS) is 1. The van der Waals surface area contributed by atoms with E-state index in [4.69, 9.17) is 14.6 Å². The number of anilines is 2. The Balaban J connectivity index is 1.70. The fraction of sp³-hybridized carbons (Fsp3) is 0.542. The van der Waals surface area contributed by atoms with E-state index in [9.17, 15) is 14.4 Å². The molecule has 3 rings (SSSR count). The van der Waals surface area contributed by atoms with Crippen LogP contribution in [0.25, 0.3) is 0 Å².